The fraction of sp³-hybridized carbons (Fsp3) is 0.500. The van der Waals surface area contributed by atoms with Crippen LogP contribution < -0.4 is 5.73 Å². The first-order valence-electron chi connectivity index (χ1n) is 5.36. The minimum Gasteiger partial charge on any atom is -0.330 e. The second-order valence-corrected chi connectivity index (χ2v) is 4.42. The lowest BCUT2D eigenvalue weighted by molar-refractivity contribution is -0.164. The molecule has 1 aliphatic carbocycles. The first kappa shape index (κ1) is 11.5. The van der Waals surface area contributed by atoms with Crippen molar-refractivity contribution in [1.82, 2.24) is 0 Å². The van der Waals surface area contributed by atoms with Gasteiger partial charge in [-0.25, -0.2) is 13.2 Å². The van der Waals surface area contributed by atoms with E-state index in [1.54, 1.807) is 0 Å². The zero-order valence-electron chi connectivity index (χ0n) is 8.85. The highest BCUT2D eigenvalue weighted by molar-refractivity contribution is 5.25. The summed E-state index contributed by atoms with van der Waals surface area (Å²) in [6, 6.07) is 4.41. The number of hydrogen-bond donors (Lipinski definition) is 1. The van der Waals surface area contributed by atoms with Crippen LogP contribution in [0.5, 0.6) is 0 Å². The molecule has 1 nitrogen and oxygen atoms in total. The third-order valence-corrected chi connectivity index (χ3v) is 3.57. The van der Waals surface area contributed by atoms with E-state index in [1.165, 1.54) is 0 Å². The minimum atomic E-state index is -2.96. The van der Waals surface area contributed by atoms with Crippen molar-refractivity contribution in [2.24, 2.45) is 11.1 Å². The molecule has 1 fully saturated rings. The fourth-order valence-corrected chi connectivity index (χ4v) is 2.22. The van der Waals surface area contributed by atoms with E-state index in [2.05, 4.69) is 0 Å². The lowest BCUT2D eigenvalue weighted by atomic mass is 9.63. The zero-order chi connectivity index (χ0) is 11.8. The molecule has 0 heterocycles. The molecule has 0 bridgehead atoms. The number of halogens is 3. The summed E-state index contributed by atoms with van der Waals surface area (Å²) in [5.41, 5.74) is 4.21. The average molecular weight is 229 g/mol. The highest BCUT2D eigenvalue weighted by Crippen LogP contribution is 2.56. The van der Waals surface area contributed by atoms with E-state index in [9.17, 15) is 13.2 Å². The molecule has 0 aliphatic heterocycles. The fourth-order valence-electron chi connectivity index (χ4n) is 2.22. The van der Waals surface area contributed by atoms with Crippen molar-refractivity contribution in [3.8, 4) is 0 Å². The molecule has 88 valence electrons. The number of alkyl halides is 2. The highest BCUT2D eigenvalue weighted by atomic mass is 19.3. The summed E-state index contributed by atoms with van der Waals surface area (Å²) >= 11 is 0. The number of hydrogen-bond acceptors (Lipinski definition) is 1. The molecule has 0 atom stereocenters. The molecular weight excluding hydrogens is 215 g/mol. The van der Waals surface area contributed by atoms with E-state index in [4.69, 9.17) is 5.73 Å². The van der Waals surface area contributed by atoms with Crippen molar-refractivity contribution >= 4 is 0 Å². The first-order chi connectivity index (χ1) is 7.52. The number of rotatable bonds is 3. The lowest BCUT2D eigenvalue weighted by Gasteiger charge is -2.46. The topological polar surface area (TPSA) is 26.0 Å². The van der Waals surface area contributed by atoms with Crippen LogP contribution in [-0.2, 0) is 5.92 Å². The predicted octanol–water partition coefficient (Wildman–Crippen LogP) is 3.05. The van der Waals surface area contributed by atoms with Crippen LogP contribution in [0.1, 0.15) is 24.8 Å². The van der Waals surface area contributed by atoms with Crippen LogP contribution in [0.3, 0.4) is 0 Å². The Hall–Kier alpha value is -1.03. The smallest absolute Gasteiger partial charge is 0.279 e. The lowest BCUT2D eigenvalue weighted by Crippen LogP contribution is -2.49. The Labute approximate surface area is 92.5 Å². The normalized spacial score (nSPS) is 19.2. The molecular formula is C12H14F3N. The standard InChI is InChI=1S/C12H14F3N/c13-10-4-2-9(3-5-10)12(14,15)11(8-16)6-1-7-11/h2-5H,1,6-8,16H2. The molecule has 1 aromatic rings. The second-order valence-electron chi connectivity index (χ2n) is 4.42. The van der Waals surface area contributed by atoms with Gasteiger partial charge < -0.3 is 5.73 Å². The average Bonchev–Trinajstić information content (AvgIpc) is 2.17. The van der Waals surface area contributed by atoms with Gasteiger partial charge in [-0.2, -0.15) is 0 Å². The van der Waals surface area contributed by atoms with Gasteiger partial charge >= 0.3 is 0 Å². The summed E-state index contributed by atoms with van der Waals surface area (Å²) < 4.78 is 41.1. The van der Waals surface area contributed by atoms with Gasteiger partial charge in [-0.15, -0.1) is 0 Å². The van der Waals surface area contributed by atoms with E-state index in [0.717, 1.165) is 30.7 Å². The molecule has 0 unspecified atom stereocenters. The molecule has 1 saturated carbocycles. The van der Waals surface area contributed by atoms with Crippen LogP contribution in [0.4, 0.5) is 13.2 Å². The van der Waals surface area contributed by atoms with E-state index >= 15 is 0 Å². The zero-order valence-corrected chi connectivity index (χ0v) is 8.85. The van der Waals surface area contributed by atoms with Gasteiger partial charge in [0.2, 0.25) is 0 Å². The number of nitrogens with two attached hydrogens (primary N) is 1. The summed E-state index contributed by atoms with van der Waals surface area (Å²) in [5.74, 6) is -3.47. The van der Waals surface area contributed by atoms with Gasteiger partial charge in [0, 0.05) is 12.1 Å². The third kappa shape index (κ3) is 1.52. The third-order valence-electron chi connectivity index (χ3n) is 3.57. The molecule has 1 aromatic carbocycles. The maximum Gasteiger partial charge on any atom is 0.279 e. The Morgan fingerprint density at radius 3 is 2.12 bits per heavy atom. The summed E-state index contributed by atoms with van der Waals surface area (Å²) in [7, 11) is 0. The molecule has 2 N–H and O–H groups in total. The van der Waals surface area contributed by atoms with Gasteiger partial charge in [-0.1, -0.05) is 18.6 Å². The molecule has 0 aromatic heterocycles. The minimum absolute atomic E-state index is 0.0304. The van der Waals surface area contributed by atoms with Crippen LogP contribution in [0.25, 0.3) is 0 Å². The molecule has 16 heavy (non-hydrogen) atoms. The second kappa shape index (κ2) is 3.77. The van der Waals surface area contributed by atoms with Crippen molar-refractivity contribution in [3.05, 3.63) is 35.6 Å². The van der Waals surface area contributed by atoms with Crippen molar-refractivity contribution < 1.29 is 13.2 Å². The Kier molecular flexibility index (Phi) is 2.70. The highest BCUT2D eigenvalue weighted by Gasteiger charge is 2.56. The summed E-state index contributed by atoms with van der Waals surface area (Å²) in [6.45, 7) is -0.0304. The van der Waals surface area contributed by atoms with Crippen molar-refractivity contribution in [1.29, 1.82) is 0 Å². The maximum atomic E-state index is 14.2. The summed E-state index contributed by atoms with van der Waals surface area (Å²) in [4.78, 5) is 0. The van der Waals surface area contributed by atoms with Gasteiger partial charge in [0.05, 0.1) is 5.41 Å². The maximum absolute atomic E-state index is 14.2. The van der Waals surface area contributed by atoms with Gasteiger partial charge in [0.1, 0.15) is 5.82 Å². The monoisotopic (exact) mass is 229 g/mol. The quantitative estimate of drug-likeness (QED) is 0.847. The van der Waals surface area contributed by atoms with Crippen LogP contribution in [0, 0.1) is 11.2 Å². The molecule has 0 amide bonds. The van der Waals surface area contributed by atoms with Crippen molar-refractivity contribution in [3.63, 3.8) is 0 Å². The predicted molar refractivity (Wildman–Crippen MR) is 55.6 cm³/mol. The van der Waals surface area contributed by atoms with Gasteiger partial charge in [0.25, 0.3) is 5.92 Å². The van der Waals surface area contributed by atoms with Crippen molar-refractivity contribution in [2.75, 3.05) is 6.54 Å². The Balaban J connectivity index is 2.34. The van der Waals surface area contributed by atoms with Crippen LogP contribution in [0.15, 0.2) is 24.3 Å². The van der Waals surface area contributed by atoms with Crippen molar-refractivity contribution in [2.45, 2.75) is 25.2 Å². The Morgan fingerprint density at radius 2 is 1.75 bits per heavy atom. The first-order valence-corrected chi connectivity index (χ1v) is 5.36. The van der Waals surface area contributed by atoms with Crippen LogP contribution in [0.2, 0.25) is 0 Å². The van der Waals surface area contributed by atoms with Gasteiger partial charge in [-0.05, 0) is 25.0 Å². The molecule has 1 aliphatic rings. The van der Waals surface area contributed by atoms with E-state index < -0.39 is 17.2 Å². The SMILES string of the molecule is NCC1(C(F)(F)c2ccc(F)cc2)CCC1. The molecule has 0 radical (unpaired) electrons. The van der Waals surface area contributed by atoms with Gasteiger partial charge in [-0.3, -0.25) is 0 Å². The van der Waals surface area contributed by atoms with E-state index in [1.807, 2.05) is 0 Å². The molecule has 4 heteroatoms. The molecule has 0 saturated heterocycles. The number of benzene rings is 1. The van der Waals surface area contributed by atoms with E-state index in [0.29, 0.717) is 12.8 Å². The summed E-state index contributed by atoms with van der Waals surface area (Å²) in [5, 5.41) is 0. The van der Waals surface area contributed by atoms with Crippen LogP contribution in [-0.4, -0.2) is 6.54 Å². The Morgan fingerprint density at radius 1 is 1.19 bits per heavy atom. The van der Waals surface area contributed by atoms with Crippen LogP contribution >= 0.6 is 0 Å². The largest absolute Gasteiger partial charge is 0.330 e. The Bertz CT molecular complexity index is 363. The van der Waals surface area contributed by atoms with E-state index in [-0.39, 0.29) is 12.1 Å². The molecule has 2 rings (SSSR count). The van der Waals surface area contributed by atoms with Gasteiger partial charge in [0.15, 0.2) is 0 Å². The molecule has 0 spiro atoms. The summed E-state index contributed by atoms with van der Waals surface area (Å²) in [6.07, 6.45) is 1.66.